The van der Waals surface area contributed by atoms with Gasteiger partial charge < -0.3 is 15.4 Å². The van der Waals surface area contributed by atoms with Crippen LogP contribution in [0.2, 0.25) is 5.02 Å². The van der Waals surface area contributed by atoms with Crippen molar-refractivity contribution in [2.24, 2.45) is 0 Å². The Balaban J connectivity index is 1.88. The lowest BCUT2D eigenvalue weighted by Crippen LogP contribution is -2.39. The van der Waals surface area contributed by atoms with Gasteiger partial charge in [-0.3, -0.25) is 4.79 Å². The number of hydrogen-bond acceptors (Lipinski definition) is 3. The second-order valence-electron chi connectivity index (χ2n) is 5.45. The molecule has 2 rings (SSSR count). The quantitative estimate of drug-likeness (QED) is 0.849. The first-order valence-electron chi connectivity index (χ1n) is 7.55. The van der Waals surface area contributed by atoms with Crippen LogP contribution in [0.3, 0.4) is 0 Å². The Kier molecular flexibility index (Phi) is 6.33. The van der Waals surface area contributed by atoms with E-state index in [0.29, 0.717) is 23.4 Å². The molecule has 1 fully saturated rings. The third-order valence-electron chi connectivity index (χ3n) is 3.73. The van der Waals surface area contributed by atoms with E-state index in [0.717, 1.165) is 18.4 Å². The van der Waals surface area contributed by atoms with E-state index < -0.39 is 0 Å². The Bertz CT molecular complexity index is 473. The van der Waals surface area contributed by atoms with E-state index in [1.807, 2.05) is 19.2 Å². The number of benzene rings is 1. The summed E-state index contributed by atoms with van der Waals surface area (Å²) in [5.41, 5.74) is 0.954. The van der Waals surface area contributed by atoms with Gasteiger partial charge in [-0.05, 0) is 26.0 Å². The molecule has 1 saturated carbocycles. The fourth-order valence-electron chi connectivity index (χ4n) is 2.70. The molecule has 1 amide bonds. The molecule has 0 bridgehead atoms. The van der Waals surface area contributed by atoms with Gasteiger partial charge in [0.15, 0.2) is 6.61 Å². The molecule has 21 heavy (non-hydrogen) atoms. The average molecular weight is 311 g/mol. The van der Waals surface area contributed by atoms with Crippen molar-refractivity contribution in [3.8, 4) is 5.75 Å². The van der Waals surface area contributed by atoms with Gasteiger partial charge in [0.2, 0.25) is 0 Å². The van der Waals surface area contributed by atoms with Crippen LogP contribution in [-0.4, -0.2) is 25.6 Å². The molecule has 0 unspecified atom stereocenters. The number of para-hydroxylation sites is 1. The summed E-state index contributed by atoms with van der Waals surface area (Å²) in [6.07, 6.45) is 5.81. The summed E-state index contributed by atoms with van der Waals surface area (Å²) < 4.78 is 5.64. The third kappa shape index (κ3) is 4.90. The lowest BCUT2D eigenvalue weighted by atomic mass is 9.95. The normalized spacial score (nSPS) is 15.7. The number of nitrogens with one attached hydrogen (secondary N) is 2. The number of hydrogen-bond donors (Lipinski definition) is 2. The maximum Gasteiger partial charge on any atom is 0.258 e. The Morgan fingerprint density at radius 2 is 2.10 bits per heavy atom. The molecule has 1 aromatic carbocycles. The number of rotatable bonds is 6. The molecular formula is C16H23ClN2O2. The Morgan fingerprint density at radius 1 is 1.33 bits per heavy atom. The number of amides is 1. The first-order valence-corrected chi connectivity index (χ1v) is 7.92. The fourth-order valence-corrected chi connectivity index (χ4v) is 2.95. The molecule has 1 aromatic rings. The van der Waals surface area contributed by atoms with Gasteiger partial charge in [0.25, 0.3) is 5.91 Å². The van der Waals surface area contributed by atoms with E-state index in [9.17, 15) is 4.79 Å². The monoisotopic (exact) mass is 310 g/mol. The molecule has 0 atom stereocenters. The third-order valence-corrected chi connectivity index (χ3v) is 4.03. The smallest absolute Gasteiger partial charge is 0.258 e. The summed E-state index contributed by atoms with van der Waals surface area (Å²) in [6, 6.07) is 5.90. The van der Waals surface area contributed by atoms with Crippen molar-refractivity contribution >= 4 is 17.5 Å². The number of carbonyl (C=O) groups excluding carboxylic acids is 1. The standard InChI is InChI=1S/C16H23ClN2O2/c1-18-10-12-6-5-9-14(17)16(12)21-11-15(20)19-13-7-3-2-4-8-13/h5-6,9,13,18H,2-4,7-8,10-11H2,1H3,(H,19,20). The molecule has 0 saturated heterocycles. The van der Waals surface area contributed by atoms with Gasteiger partial charge >= 0.3 is 0 Å². The lowest BCUT2D eigenvalue weighted by Gasteiger charge is -2.23. The molecule has 0 aromatic heterocycles. The van der Waals surface area contributed by atoms with Gasteiger partial charge in [-0.2, -0.15) is 0 Å². The molecule has 2 N–H and O–H groups in total. The van der Waals surface area contributed by atoms with E-state index in [2.05, 4.69) is 10.6 Å². The highest BCUT2D eigenvalue weighted by Crippen LogP contribution is 2.28. The molecule has 4 nitrogen and oxygen atoms in total. The molecule has 1 aliphatic rings. The van der Waals surface area contributed by atoms with Crippen LogP contribution < -0.4 is 15.4 Å². The van der Waals surface area contributed by atoms with Crippen LogP contribution in [0.15, 0.2) is 18.2 Å². The van der Waals surface area contributed by atoms with E-state index in [1.54, 1.807) is 6.07 Å². The fraction of sp³-hybridized carbons (Fsp3) is 0.562. The summed E-state index contributed by atoms with van der Waals surface area (Å²) in [5.74, 6) is 0.518. The molecule has 5 heteroatoms. The number of halogens is 1. The van der Waals surface area contributed by atoms with Crippen molar-refractivity contribution in [2.75, 3.05) is 13.7 Å². The Hall–Kier alpha value is -1.26. The topological polar surface area (TPSA) is 50.4 Å². The second-order valence-corrected chi connectivity index (χ2v) is 5.86. The minimum Gasteiger partial charge on any atom is -0.482 e. The van der Waals surface area contributed by atoms with Crippen molar-refractivity contribution in [1.29, 1.82) is 0 Å². The molecule has 116 valence electrons. The highest BCUT2D eigenvalue weighted by atomic mass is 35.5. The van der Waals surface area contributed by atoms with Crippen LogP contribution in [0.1, 0.15) is 37.7 Å². The van der Waals surface area contributed by atoms with Crippen LogP contribution in [0.5, 0.6) is 5.75 Å². The van der Waals surface area contributed by atoms with Gasteiger partial charge in [0.05, 0.1) is 5.02 Å². The van der Waals surface area contributed by atoms with Crippen molar-refractivity contribution in [2.45, 2.75) is 44.7 Å². The summed E-state index contributed by atoms with van der Waals surface area (Å²) in [4.78, 5) is 12.0. The maximum atomic E-state index is 12.0. The molecule has 1 aliphatic carbocycles. The predicted octanol–water partition coefficient (Wildman–Crippen LogP) is 2.89. The summed E-state index contributed by atoms with van der Waals surface area (Å²) >= 11 is 6.16. The SMILES string of the molecule is CNCc1cccc(Cl)c1OCC(=O)NC1CCCCC1. The molecular weight excluding hydrogens is 288 g/mol. The first kappa shape index (κ1) is 16.1. The van der Waals surface area contributed by atoms with Crippen LogP contribution in [0, 0.1) is 0 Å². The highest BCUT2D eigenvalue weighted by molar-refractivity contribution is 6.32. The lowest BCUT2D eigenvalue weighted by molar-refractivity contribution is -0.124. The highest BCUT2D eigenvalue weighted by Gasteiger charge is 2.16. The van der Waals surface area contributed by atoms with Crippen LogP contribution >= 0.6 is 11.6 Å². The minimum atomic E-state index is -0.0720. The minimum absolute atomic E-state index is 0.0109. The predicted molar refractivity (Wildman–Crippen MR) is 84.7 cm³/mol. The molecule has 0 heterocycles. The van der Waals surface area contributed by atoms with E-state index in [-0.39, 0.29) is 12.5 Å². The van der Waals surface area contributed by atoms with Crippen molar-refractivity contribution in [1.82, 2.24) is 10.6 Å². The maximum absolute atomic E-state index is 12.0. The first-order chi connectivity index (χ1) is 10.2. The van der Waals surface area contributed by atoms with Crippen LogP contribution in [-0.2, 0) is 11.3 Å². The zero-order valence-electron chi connectivity index (χ0n) is 12.5. The van der Waals surface area contributed by atoms with Gasteiger partial charge in [-0.15, -0.1) is 0 Å². The van der Waals surface area contributed by atoms with E-state index in [4.69, 9.17) is 16.3 Å². The Labute approximate surface area is 131 Å². The summed E-state index contributed by atoms with van der Waals surface area (Å²) in [6.45, 7) is 0.664. The Morgan fingerprint density at radius 3 is 2.81 bits per heavy atom. The molecule has 0 spiro atoms. The molecule has 0 radical (unpaired) electrons. The van der Waals surface area contributed by atoms with Gasteiger partial charge in [0.1, 0.15) is 5.75 Å². The van der Waals surface area contributed by atoms with Gasteiger partial charge in [0, 0.05) is 18.2 Å². The molecule has 0 aliphatic heterocycles. The summed E-state index contributed by atoms with van der Waals surface area (Å²) in [7, 11) is 1.86. The van der Waals surface area contributed by atoms with Crippen LogP contribution in [0.4, 0.5) is 0 Å². The number of ether oxygens (including phenoxy) is 1. The van der Waals surface area contributed by atoms with Crippen molar-refractivity contribution in [3.63, 3.8) is 0 Å². The van der Waals surface area contributed by atoms with Gasteiger partial charge in [-0.1, -0.05) is 43.0 Å². The number of carbonyl (C=O) groups is 1. The van der Waals surface area contributed by atoms with Crippen LogP contribution in [0.25, 0.3) is 0 Å². The largest absolute Gasteiger partial charge is 0.482 e. The van der Waals surface area contributed by atoms with E-state index >= 15 is 0 Å². The average Bonchev–Trinajstić information content (AvgIpc) is 2.48. The second kappa shape index (κ2) is 8.25. The van der Waals surface area contributed by atoms with Gasteiger partial charge in [-0.25, -0.2) is 0 Å². The van der Waals surface area contributed by atoms with Crippen molar-refractivity contribution < 1.29 is 9.53 Å². The zero-order valence-corrected chi connectivity index (χ0v) is 13.2. The van der Waals surface area contributed by atoms with E-state index in [1.165, 1.54) is 19.3 Å². The summed E-state index contributed by atoms with van der Waals surface area (Å²) in [5, 5.41) is 6.64. The van der Waals surface area contributed by atoms with Crippen molar-refractivity contribution in [3.05, 3.63) is 28.8 Å². The zero-order chi connectivity index (χ0) is 15.1.